The van der Waals surface area contributed by atoms with Crippen LogP contribution in [-0.4, -0.2) is 53.5 Å². The van der Waals surface area contributed by atoms with Crippen molar-refractivity contribution < 1.29 is 32.2 Å². The van der Waals surface area contributed by atoms with E-state index in [2.05, 4.69) is 17.9 Å². The van der Waals surface area contributed by atoms with Crippen molar-refractivity contribution in [3.63, 3.8) is 0 Å². The zero-order valence-corrected chi connectivity index (χ0v) is 17.8. The molecule has 3 rings (SSSR count). The molecule has 172 valence electrons. The van der Waals surface area contributed by atoms with Gasteiger partial charge in [0.2, 0.25) is 0 Å². The number of carboxylic acids is 1. The van der Waals surface area contributed by atoms with E-state index in [1.807, 2.05) is 17.6 Å². The van der Waals surface area contributed by atoms with Crippen LogP contribution >= 0.6 is 0 Å². The quantitative estimate of drug-likeness (QED) is 0.764. The Morgan fingerprint density at radius 3 is 2.42 bits per heavy atom. The highest BCUT2D eigenvalue weighted by atomic mass is 19.4. The first-order valence-electron chi connectivity index (χ1n) is 9.81. The smallest absolute Gasteiger partial charge is 0.475 e. The van der Waals surface area contributed by atoms with Crippen LogP contribution in [0.25, 0.3) is 0 Å². The number of ether oxygens (including phenoxy) is 1. The van der Waals surface area contributed by atoms with Gasteiger partial charge in [-0.2, -0.15) is 13.2 Å². The zero-order chi connectivity index (χ0) is 23.2. The minimum Gasteiger partial charge on any atom is -0.475 e. The van der Waals surface area contributed by atoms with Crippen LogP contribution in [0.1, 0.15) is 28.3 Å². The van der Waals surface area contributed by atoms with Crippen LogP contribution in [0, 0.1) is 13.8 Å². The minimum atomic E-state index is -5.08. The van der Waals surface area contributed by atoms with Crippen molar-refractivity contribution in [3.8, 4) is 0 Å². The number of hydrogen-bond acceptors (Lipinski definition) is 5. The minimum absolute atomic E-state index is 0.0662. The summed E-state index contributed by atoms with van der Waals surface area (Å²) in [5.74, 6) is -0.739. The molecule has 1 N–H and O–H groups in total. The maximum atomic E-state index is 12.2. The van der Waals surface area contributed by atoms with Gasteiger partial charge in [-0.1, -0.05) is 6.07 Å². The summed E-state index contributed by atoms with van der Waals surface area (Å²) in [5, 5.41) is 7.12. The monoisotopic (exact) mass is 444 g/mol. The van der Waals surface area contributed by atoms with Gasteiger partial charge in [0.1, 0.15) is 11.5 Å². The van der Waals surface area contributed by atoms with Crippen molar-refractivity contribution in [2.45, 2.75) is 46.0 Å². The summed E-state index contributed by atoms with van der Waals surface area (Å²) in [6.45, 7) is 8.00. The van der Waals surface area contributed by atoms with E-state index in [0.29, 0.717) is 13.2 Å². The molecule has 1 aliphatic heterocycles. The summed E-state index contributed by atoms with van der Waals surface area (Å²) >= 11 is 0. The third kappa shape index (κ3) is 6.96. The molecule has 0 aliphatic carbocycles. The Morgan fingerprint density at radius 2 is 1.87 bits per heavy atom. The van der Waals surface area contributed by atoms with Crippen molar-refractivity contribution >= 4 is 5.97 Å². The topological polar surface area (TPSA) is 84.9 Å². The van der Waals surface area contributed by atoms with E-state index in [0.717, 1.165) is 49.7 Å². The zero-order valence-electron chi connectivity index (χ0n) is 17.8. The Balaban J connectivity index is 0.000000423. The Hall–Kier alpha value is -2.59. The summed E-state index contributed by atoms with van der Waals surface area (Å²) in [4.78, 5) is 23.5. The number of aliphatic carboxylic acids is 1. The lowest BCUT2D eigenvalue weighted by Gasteiger charge is -2.18. The molecule has 0 saturated heterocycles. The van der Waals surface area contributed by atoms with E-state index in [4.69, 9.17) is 19.1 Å². The van der Waals surface area contributed by atoms with E-state index >= 15 is 0 Å². The first-order valence-corrected chi connectivity index (χ1v) is 9.81. The fourth-order valence-electron chi connectivity index (χ4n) is 3.38. The van der Waals surface area contributed by atoms with Crippen molar-refractivity contribution in [3.05, 3.63) is 56.9 Å². The number of carboxylic acid groups (broad SMARTS) is 1. The van der Waals surface area contributed by atoms with Crippen LogP contribution in [0.3, 0.4) is 0 Å². The second kappa shape index (κ2) is 10.6. The van der Waals surface area contributed by atoms with Crippen LogP contribution in [0.4, 0.5) is 13.2 Å². The number of furan rings is 1. The Kier molecular flexibility index (Phi) is 8.46. The third-order valence-corrected chi connectivity index (χ3v) is 5.11. The standard InChI is InChI=1S/C19H26N2O3.C2HF3O2/c1-14-12-17(24-15(14)2)13-20-8-6-16-4-5-19(22)21(10-11-23-3)18(16)7-9-20;3-2(4,5)1(6)7/h4-5,12H,6-11,13H2,1-3H3;(H,6,7). The van der Waals surface area contributed by atoms with Crippen molar-refractivity contribution in [1.82, 2.24) is 9.47 Å². The van der Waals surface area contributed by atoms with Crippen LogP contribution < -0.4 is 5.56 Å². The molecule has 2 aromatic rings. The fraction of sp³-hybridized carbons (Fsp3) is 0.524. The van der Waals surface area contributed by atoms with Gasteiger partial charge in [0, 0.05) is 44.9 Å². The molecule has 7 nitrogen and oxygen atoms in total. The van der Waals surface area contributed by atoms with Gasteiger partial charge in [-0.3, -0.25) is 9.69 Å². The van der Waals surface area contributed by atoms with Crippen molar-refractivity contribution in [2.24, 2.45) is 0 Å². The molecule has 10 heteroatoms. The number of methoxy groups -OCH3 is 1. The second-order valence-corrected chi connectivity index (χ2v) is 7.32. The molecule has 0 atom stereocenters. The molecule has 0 amide bonds. The number of halogens is 3. The number of nitrogens with zero attached hydrogens (tertiary/aromatic N) is 2. The average Bonchev–Trinajstić information content (AvgIpc) is 2.87. The molecule has 0 spiro atoms. The number of aromatic nitrogens is 1. The molecular weight excluding hydrogens is 417 g/mol. The van der Waals surface area contributed by atoms with Gasteiger partial charge in [-0.15, -0.1) is 0 Å². The van der Waals surface area contributed by atoms with E-state index in [1.54, 1.807) is 13.2 Å². The van der Waals surface area contributed by atoms with Gasteiger partial charge in [-0.05, 0) is 37.5 Å². The number of alkyl halides is 3. The van der Waals surface area contributed by atoms with Gasteiger partial charge < -0.3 is 18.8 Å². The SMILES string of the molecule is COCCn1c2c(ccc1=O)CCN(Cc1cc(C)c(C)o1)CC2.O=C(O)C(F)(F)F. The lowest BCUT2D eigenvalue weighted by molar-refractivity contribution is -0.192. The van der Waals surface area contributed by atoms with Crippen molar-refractivity contribution in [1.29, 1.82) is 0 Å². The third-order valence-electron chi connectivity index (χ3n) is 5.11. The molecule has 0 saturated carbocycles. The molecule has 0 unspecified atom stereocenters. The summed E-state index contributed by atoms with van der Waals surface area (Å²) < 4.78 is 44.6. The van der Waals surface area contributed by atoms with E-state index in [1.165, 1.54) is 11.1 Å². The fourth-order valence-corrected chi connectivity index (χ4v) is 3.38. The molecule has 1 aliphatic rings. The lowest BCUT2D eigenvalue weighted by Crippen LogP contribution is -2.27. The highest BCUT2D eigenvalue weighted by Gasteiger charge is 2.38. The van der Waals surface area contributed by atoms with Crippen LogP contribution in [0.5, 0.6) is 0 Å². The van der Waals surface area contributed by atoms with Crippen LogP contribution in [0.15, 0.2) is 27.4 Å². The second-order valence-electron chi connectivity index (χ2n) is 7.32. The number of fused-ring (bicyclic) bond motifs is 1. The molecular formula is C21H27F3N2O5. The molecule has 0 aromatic carbocycles. The van der Waals surface area contributed by atoms with Gasteiger partial charge in [0.25, 0.3) is 5.56 Å². The molecule has 0 bridgehead atoms. The van der Waals surface area contributed by atoms with Gasteiger partial charge in [0.15, 0.2) is 0 Å². The van der Waals surface area contributed by atoms with E-state index in [9.17, 15) is 18.0 Å². The van der Waals surface area contributed by atoms with Gasteiger partial charge >= 0.3 is 12.1 Å². The average molecular weight is 444 g/mol. The maximum Gasteiger partial charge on any atom is 0.490 e. The predicted molar refractivity (Wildman–Crippen MR) is 107 cm³/mol. The van der Waals surface area contributed by atoms with Crippen LogP contribution in [0.2, 0.25) is 0 Å². The van der Waals surface area contributed by atoms with Crippen molar-refractivity contribution in [2.75, 3.05) is 26.8 Å². The van der Waals surface area contributed by atoms with Gasteiger partial charge in [0.05, 0.1) is 13.2 Å². The summed E-state index contributed by atoms with van der Waals surface area (Å²) in [6.07, 6.45) is -3.24. The molecule has 0 radical (unpaired) electrons. The molecule has 0 fully saturated rings. The maximum absolute atomic E-state index is 12.2. The van der Waals surface area contributed by atoms with E-state index in [-0.39, 0.29) is 5.56 Å². The Bertz CT molecular complexity index is 930. The number of hydrogen-bond donors (Lipinski definition) is 1. The number of aryl methyl sites for hydroxylation is 2. The lowest BCUT2D eigenvalue weighted by atomic mass is 10.1. The Morgan fingerprint density at radius 1 is 1.23 bits per heavy atom. The molecule has 2 aromatic heterocycles. The Labute approximate surface area is 178 Å². The summed E-state index contributed by atoms with van der Waals surface area (Å²) in [5.41, 5.74) is 3.71. The number of pyridine rings is 1. The van der Waals surface area contributed by atoms with Crippen LogP contribution in [-0.2, 0) is 35.5 Å². The predicted octanol–water partition coefficient (Wildman–Crippen LogP) is 2.94. The summed E-state index contributed by atoms with van der Waals surface area (Å²) in [7, 11) is 1.67. The first-order chi connectivity index (χ1) is 14.5. The van der Waals surface area contributed by atoms with E-state index < -0.39 is 12.1 Å². The molecule has 31 heavy (non-hydrogen) atoms. The summed E-state index contributed by atoms with van der Waals surface area (Å²) in [6, 6.07) is 5.80. The van der Waals surface area contributed by atoms with Gasteiger partial charge in [-0.25, -0.2) is 4.79 Å². The normalized spacial score (nSPS) is 14.4. The molecule has 3 heterocycles. The first kappa shape index (κ1) is 24.7. The number of carbonyl (C=O) groups is 1. The highest BCUT2D eigenvalue weighted by molar-refractivity contribution is 5.73. The number of rotatable bonds is 5. The largest absolute Gasteiger partial charge is 0.490 e. The highest BCUT2D eigenvalue weighted by Crippen LogP contribution is 2.19.